The van der Waals surface area contributed by atoms with Crippen molar-refractivity contribution in [1.29, 1.82) is 0 Å². The Morgan fingerprint density at radius 2 is 1.62 bits per heavy atom. The molecule has 3 rings (SSSR count). The van der Waals surface area contributed by atoms with Crippen LogP contribution in [-0.4, -0.2) is 22.3 Å². The van der Waals surface area contributed by atoms with Gasteiger partial charge >= 0.3 is 0 Å². The molecule has 1 atom stereocenters. The number of nitrogens with zero attached hydrogens (tertiary/aromatic N) is 2. The SMILES string of the molecule is Cc1nc(C)c(C(=O)N(c2ccc(C)c(C)c2)[C@@H](C(=O)NC(C)(C)C)c2ccccc2)s1. The van der Waals surface area contributed by atoms with Crippen LogP contribution in [0.4, 0.5) is 5.69 Å². The molecule has 3 aromatic rings. The Bertz CT molecular complexity index is 1130. The zero-order chi connectivity index (χ0) is 23.6. The van der Waals surface area contributed by atoms with Gasteiger partial charge in [0.1, 0.15) is 10.9 Å². The zero-order valence-corrected chi connectivity index (χ0v) is 20.6. The molecule has 0 saturated carbocycles. The van der Waals surface area contributed by atoms with E-state index < -0.39 is 11.6 Å². The molecule has 0 bridgehead atoms. The summed E-state index contributed by atoms with van der Waals surface area (Å²) in [5.41, 5.74) is 3.84. The molecular weight excluding hydrogens is 418 g/mol. The molecule has 0 aliphatic rings. The molecule has 1 heterocycles. The summed E-state index contributed by atoms with van der Waals surface area (Å²) < 4.78 is 0. The molecule has 0 aliphatic heterocycles. The normalized spacial score (nSPS) is 12.3. The molecule has 1 aromatic heterocycles. The van der Waals surface area contributed by atoms with Gasteiger partial charge in [-0.15, -0.1) is 11.3 Å². The van der Waals surface area contributed by atoms with E-state index in [1.165, 1.54) is 11.3 Å². The maximum Gasteiger partial charge on any atom is 0.271 e. The molecule has 5 nitrogen and oxygen atoms in total. The van der Waals surface area contributed by atoms with Crippen molar-refractivity contribution in [2.45, 2.75) is 60.0 Å². The van der Waals surface area contributed by atoms with Crippen LogP contribution < -0.4 is 10.2 Å². The molecule has 6 heteroatoms. The fourth-order valence-corrected chi connectivity index (χ4v) is 4.45. The zero-order valence-electron chi connectivity index (χ0n) is 19.8. The van der Waals surface area contributed by atoms with Crippen molar-refractivity contribution in [3.8, 4) is 0 Å². The standard InChI is InChI=1S/C26H31N3O2S/c1-16-13-14-21(15-17(16)2)29(25(31)23-18(3)27-19(4)32-23)22(20-11-9-8-10-12-20)24(30)28-26(5,6)7/h8-15,22H,1-7H3,(H,28,30)/t22-/m1/s1. The molecule has 2 amide bonds. The second-order valence-corrected chi connectivity index (χ2v) is 10.3. The Labute approximate surface area is 194 Å². The van der Waals surface area contributed by atoms with Crippen LogP contribution in [0.25, 0.3) is 0 Å². The van der Waals surface area contributed by atoms with E-state index in [2.05, 4.69) is 10.3 Å². The summed E-state index contributed by atoms with van der Waals surface area (Å²) >= 11 is 1.36. The number of benzene rings is 2. The van der Waals surface area contributed by atoms with Crippen molar-refractivity contribution in [2.24, 2.45) is 0 Å². The molecular formula is C26H31N3O2S. The van der Waals surface area contributed by atoms with Crippen LogP contribution in [0.5, 0.6) is 0 Å². The highest BCUT2D eigenvalue weighted by Crippen LogP contribution is 2.33. The highest BCUT2D eigenvalue weighted by atomic mass is 32.1. The Hall–Kier alpha value is -2.99. The lowest BCUT2D eigenvalue weighted by molar-refractivity contribution is -0.123. The fourth-order valence-electron chi connectivity index (χ4n) is 3.59. The van der Waals surface area contributed by atoms with Crippen molar-refractivity contribution >= 4 is 28.8 Å². The summed E-state index contributed by atoms with van der Waals surface area (Å²) in [5.74, 6) is -0.455. The molecule has 0 fully saturated rings. The number of thiazole rings is 1. The van der Waals surface area contributed by atoms with Crippen LogP contribution in [0.3, 0.4) is 0 Å². The minimum absolute atomic E-state index is 0.228. The summed E-state index contributed by atoms with van der Waals surface area (Å²) in [6.07, 6.45) is 0. The highest BCUT2D eigenvalue weighted by Gasteiger charge is 2.36. The second kappa shape index (κ2) is 9.25. The van der Waals surface area contributed by atoms with E-state index in [1.807, 2.05) is 97.0 Å². The van der Waals surface area contributed by atoms with Gasteiger partial charge < -0.3 is 5.32 Å². The van der Waals surface area contributed by atoms with Gasteiger partial charge in [-0.25, -0.2) is 4.98 Å². The maximum atomic E-state index is 14.0. The molecule has 32 heavy (non-hydrogen) atoms. The second-order valence-electron chi connectivity index (χ2n) is 9.14. The highest BCUT2D eigenvalue weighted by molar-refractivity contribution is 7.13. The van der Waals surface area contributed by atoms with E-state index in [-0.39, 0.29) is 11.8 Å². The van der Waals surface area contributed by atoms with E-state index in [0.717, 1.165) is 21.7 Å². The predicted octanol–water partition coefficient (Wildman–Crippen LogP) is 5.68. The van der Waals surface area contributed by atoms with Gasteiger partial charge in [0.2, 0.25) is 5.91 Å². The third-order valence-electron chi connectivity index (χ3n) is 5.21. The van der Waals surface area contributed by atoms with Crippen LogP contribution in [-0.2, 0) is 4.79 Å². The van der Waals surface area contributed by atoms with E-state index in [0.29, 0.717) is 16.3 Å². The van der Waals surface area contributed by atoms with Gasteiger partial charge in [-0.2, -0.15) is 0 Å². The number of aryl methyl sites for hydroxylation is 4. The van der Waals surface area contributed by atoms with Crippen molar-refractivity contribution < 1.29 is 9.59 Å². The molecule has 2 aromatic carbocycles. The lowest BCUT2D eigenvalue weighted by Crippen LogP contribution is -2.49. The van der Waals surface area contributed by atoms with Crippen molar-refractivity contribution in [3.63, 3.8) is 0 Å². The van der Waals surface area contributed by atoms with Gasteiger partial charge in [-0.05, 0) is 77.3 Å². The lowest BCUT2D eigenvalue weighted by Gasteiger charge is -2.34. The van der Waals surface area contributed by atoms with Crippen LogP contribution in [0.15, 0.2) is 48.5 Å². The third-order valence-corrected chi connectivity index (χ3v) is 6.27. The number of carbonyl (C=O) groups is 2. The third kappa shape index (κ3) is 5.25. The van der Waals surface area contributed by atoms with Gasteiger partial charge in [-0.1, -0.05) is 36.4 Å². The number of aromatic nitrogens is 1. The maximum absolute atomic E-state index is 14.0. The molecule has 168 valence electrons. The van der Waals surface area contributed by atoms with Crippen LogP contribution in [0.2, 0.25) is 0 Å². The van der Waals surface area contributed by atoms with Gasteiger partial charge in [0.15, 0.2) is 0 Å². The summed E-state index contributed by atoms with van der Waals surface area (Å²) in [4.78, 5) is 34.2. The van der Waals surface area contributed by atoms with Crippen LogP contribution in [0.1, 0.15) is 63.9 Å². The van der Waals surface area contributed by atoms with E-state index in [1.54, 1.807) is 4.90 Å². The van der Waals surface area contributed by atoms with Crippen LogP contribution >= 0.6 is 11.3 Å². The Kier molecular flexibility index (Phi) is 6.84. The van der Waals surface area contributed by atoms with Crippen molar-refractivity contribution in [2.75, 3.05) is 4.90 Å². The number of hydrogen-bond donors (Lipinski definition) is 1. The van der Waals surface area contributed by atoms with Gasteiger partial charge in [0.25, 0.3) is 5.91 Å². The number of nitrogens with one attached hydrogen (secondary N) is 1. The first-order valence-electron chi connectivity index (χ1n) is 10.7. The number of carbonyl (C=O) groups excluding carboxylic acids is 2. The predicted molar refractivity (Wildman–Crippen MR) is 131 cm³/mol. The molecule has 0 spiro atoms. The molecule has 0 saturated heterocycles. The summed E-state index contributed by atoms with van der Waals surface area (Å²) in [6, 6.07) is 14.5. The Morgan fingerprint density at radius 1 is 0.969 bits per heavy atom. The Balaban J connectivity index is 2.23. The number of rotatable bonds is 5. The Morgan fingerprint density at radius 3 is 2.16 bits per heavy atom. The molecule has 0 unspecified atom stereocenters. The number of anilines is 1. The summed E-state index contributed by atoms with van der Waals surface area (Å²) in [5, 5.41) is 3.90. The smallest absolute Gasteiger partial charge is 0.271 e. The number of hydrogen-bond acceptors (Lipinski definition) is 4. The van der Waals surface area contributed by atoms with Crippen LogP contribution in [0, 0.1) is 27.7 Å². The summed E-state index contributed by atoms with van der Waals surface area (Å²) in [6.45, 7) is 13.6. The van der Waals surface area contributed by atoms with Gasteiger partial charge in [-0.3, -0.25) is 14.5 Å². The quantitative estimate of drug-likeness (QED) is 0.545. The van der Waals surface area contributed by atoms with E-state index in [9.17, 15) is 9.59 Å². The lowest BCUT2D eigenvalue weighted by atomic mass is 9.99. The average Bonchev–Trinajstić information content (AvgIpc) is 3.05. The minimum Gasteiger partial charge on any atom is -0.349 e. The number of amides is 2. The largest absolute Gasteiger partial charge is 0.349 e. The molecule has 1 N–H and O–H groups in total. The first kappa shape index (κ1) is 23.7. The molecule has 0 radical (unpaired) electrons. The van der Waals surface area contributed by atoms with E-state index >= 15 is 0 Å². The van der Waals surface area contributed by atoms with Crippen molar-refractivity contribution in [1.82, 2.24) is 10.3 Å². The fraction of sp³-hybridized carbons (Fsp3) is 0.346. The monoisotopic (exact) mass is 449 g/mol. The van der Waals surface area contributed by atoms with Crippen molar-refractivity contribution in [3.05, 3.63) is 80.8 Å². The molecule has 0 aliphatic carbocycles. The first-order chi connectivity index (χ1) is 15.0. The topological polar surface area (TPSA) is 62.3 Å². The average molecular weight is 450 g/mol. The van der Waals surface area contributed by atoms with Gasteiger partial charge in [0.05, 0.1) is 10.7 Å². The summed E-state index contributed by atoms with van der Waals surface area (Å²) in [7, 11) is 0. The van der Waals surface area contributed by atoms with Gasteiger partial charge in [0, 0.05) is 11.2 Å². The minimum atomic E-state index is -0.827. The first-order valence-corrected chi connectivity index (χ1v) is 11.5. The van der Waals surface area contributed by atoms with E-state index in [4.69, 9.17) is 0 Å².